The average molecular weight is 263 g/mol. The van der Waals surface area contributed by atoms with Gasteiger partial charge in [-0.1, -0.05) is 32.5 Å². The number of hydrogen-bond acceptors (Lipinski definition) is 3. The van der Waals surface area contributed by atoms with Gasteiger partial charge in [0, 0.05) is 17.8 Å². The molecule has 18 heavy (non-hydrogen) atoms. The van der Waals surface area contributed by atoms with Crippen LogP contribution < -0.4 is 11.1 Å². The van der Waals surface area contributed by atoms with Gasteiger partial charge in [0.15, 0.2) is 0 Å². The molecule has 1 heterocycles. The first-order valence-electron chi connectivity index (χ1n) is 6.49. The van der Waals surface area contributed by atoms with Gasteiger partial charge in [-0.15, -0.1) is 0 Å². The van der Waals surface area contributed by atoms with Crippen LogP contribution >= 0.6 is 12.2 Å². The normalized spacial score (nSPS) is 22.4. The summed E-state index contributed by atoms with van der Waals surface area (Å²) >= 11 is 4.98. The van der Waals surface area contributed by atoms with Crippen LogP contribution in [0.2, 0.25) is 0 Å². The lowest BCUT2D eigenvalue weighted by molar-refractivity contribution is 0.229. The molecule has 0 saturated heterocycles. The van der Waals surface area contributed by atoms with Crippen molar-refractivity contribution < 1.29 is 0 Å². The van der Waals surface area contributed by atoms with Gasteiger partial charge in [0.1, 0.15) is 10.8 Å². The fourth-order valence-electron chi connectivity index (χ4n) is 2.69. The number of pyridine rings is 1. The Morgan fingerprint density at radius 2 is 2.33 bits per heavy atom. The van der Waals surface area contributed by atoms with Crippen molar-refractivity contribution in [3.05, 3.63) is 23.9 Å². The molecule has 1 saturated carbocycles. The molecule has 1 fully saturated rings. The van der Waals surface area contributed by atoms with Crippen molar-refractivity contribution in [2.24, 2.45) is 11.1 Å². The molecule has 1 aliphatic carbocycles. The van der Waals surface area contributed by atoms with Crippen LogP contribution in [0.5, 0.6) is 0 Å². The zero-order chi connectivity index (χ0) is 13.2. The summed E-state index contributed by atoms with van der Waals surface area (Å²) in [4.78, 5) is 4.76. The zero-order valence-corrected chi connectivity index (χ0v) is 11.9. The summed E-state index contributed by atoms with van der Waals surface area (Å²) in [7, 11) is 0. The maximum absolute atomic E-state index is 5.63. The van der Waals surface area contributed by atoms with Crippen molar-refractivity contribution in [2.75, 3.05) is 5.32 Å². The third-order valence-corrected chi connectivity index (χ3v) is 3.84. The van der Waals surface area contributed by atoms with Crippen LogP contribution in [0.25, 0.3) is 0 Å². The molecule has 1 unspecified atom stereocenters. The van der Waals surface area contributed by atoms with E-state index in [0.717, 1.165) is 11.4 Å². The zero-order valence-electron chi connectivity index (χ0n) is 11.1. The van der Waals surface area contributed by atoms with Crippen LogP contribution in [0.4, 0.5) is 5.82 Å². The maximum Gasteiger partial charge on any atom is 0.126 e. The summed E-state index contributed by atoms with van der Waals surface area (Å²) < 4.78 is 0. The highest BCUT2D eigenvalue weighted by molar-refractivity contribution is 7.80. The topological polar surface area (TPSA) is 50.9 Å². The van der Waals surface area contributed by atoms with E-state index >= 15 is 0 Å². The van der Waals surface area contributed by atoms with Crippen molar-refractivity contribution in [3.63, 3.8) is 0 Å². The molecule has 1 aromatic rings. The van der Waals surface area contributed by atoms with E-state index in [1.54, 1.807) is 6.20 Å². The Morgan fingerprint density at radius 3 is 3.00 bits per heavy atom. The molecule has 0 bridgehead atoms. The molecule has 0 aromatic carbocycles. The van der Waals surface area contributed by atoms with E-state index in [2.05, 4.69) is 24.1 Å². The molecule has 2 rings (SSSR count). The van der Waals surface area contributed by atoms with Crippen LogP contribution in [-0.4, -0.2) is 16.0 Å². The van der Waals surface area contributed by atoms with Gasteiger partial charge in [-0.2, -0.15) is 0 Å². The third-order valence-electron chi connectivity index (χ3n) is 3.60. The van der Waals surface area contributed by atoms with Gasteiger partial charge in [0.2, 0.25) is 0 Å². The van der Waals surface area contributed by atoms with E-state index in [-0.39, 0.29) is 0 Å². The molecular weight excluding hydrogens is 242 g/mol. The number of anilines is 1. The van der Waals surface area contributed by atoms with Crippen molar-refractivity contribution >= 4 is 23.0 Å². The first-order chi connectivity index (χ1) is 8.46. The minimum atomic E-state index is 0.421. The molecule has 0 aliphatic heterocycles. The van der Waals surface area contributed by atoms with Crippen molar-refractivity contribution in [1.82, 2.24) is 4.98 Å². The second-order valence-electron chi connectivity index (χ2n) is 5.90. The van der Waals surface area contributed by atoms with Crippen LogP contribution in [0, 0.1) is 5.41 Å². The quantitative estimate of drug-likeness (QED) is 0.823. The van der Waals surface area contributed by atoms with Crippen LogP contribution in [0.3, 0.4) is 0 Å². The molecule has 1 aliphatic rings. The number of thiocarbonyl (C=S) groups is 1. The predicted molar refractivity (Wildman–Crippen MR) is 79.8 cm³/mol. The molecular formula is C14H21N3S. The molecule has 0 spiro atoms. The van der Waals surface area contributed by atoms with E-state index in [0.29, 0.717) is 16.4 Å². The van der Waals surface area contributed by atoms with E-state index in [4.69, 9.17) is 18.0 Å². The highest BCUT2D eigenvalue weighted by atomic mass is 32.1. The van der Waals surface area contributed by atoms with Crippen LogP contribution in [0.15, 0.2) is 18.3 Å². The minimum absolute atomic E-state index is 0.421. The Hall–Kier alpha value is -1.16. The Morgan fingerprint density at radius 1 is 1.56 bits per heavy atom. The van der Waals surface area contributed by atoms with Gasteiger partial charge in [-0.05, 0) is 36.8 Å². The first kappa shape index (κ1) is 13.3. The molecule has 0 radical (unpaired) electrons. The largest absolute Gasteiger partial charge is 0.389 e. The van der Waals surface area contributed by atoms with Crippen LogP contribution in [0.1, 0.15) is 45.1 Å². The summed E-state index contributed by atoms with van der Waals surface area (Å²) in [6, 6.07) is 4.28. The summed E-state index contributed by atoms with van der Waals surface area (Å²) in [6.07, 6.45) is 6.74. The van der Waals surface area contributed by atoms with Gasteiger partial charge in [0.25, 0.3) is 0 Å². The fourth-order valence-corrected chi connectivity index (χ4v) is 2.82. The number of rotatable bonds is 3. The highest BCUT2D eigenvalue weighted by Crippen LogP contribution is 2.36. The van der Waals surface area contributed by atoms with Gasteiger partial charge in [0.05, 0.1) is 0 Å². The molecule has 1 aromatic heterocycles. The average Bonchev–Trinajstić information content (AvgIpc) is 2.28. The lowest BCUT2D eigenvalue weighted by Crippen LogP contribution is -2.32. The number of hydrogen-bond donors (Lipinski definition) is 2. The summed E-state index contributed by atoms with van der Waals surface area (Å²) in [5.74, 6) is 0.878. The molecule has 98 valence electrons. The molecule has 0 amide bonds. The van der Waals surface area contributed by atoms with Crippen LogP contribution in [-0.2, 0) is 0 Å². The smallest absolute Gasteiger partial charge is 0.126 e. The van der Waals surface area contributed by atoms with Gasteiger partial charge >= 0.3 is 0 Å². The second kappa shape index (κ2) is 5.22. The molecule has 4 heteroatoms. The van der Waals surface area contributed by atoms with Crippen molar-refractivity contribution in [3.8, 4) is 0 Å². The number of aromatic nitrogens is 1. The highest BCUT2D eigenvalue weighted by Gasteiger charge is 2.27. The van der Waals surface area contributed by atoms with E-state index in [9.17, 15) is 0 Å². The minimum Gasteiger partial charge on any atom is -0.389 e. The standard InChI is InChI=1S/C14H21N3S/c1-14(2)6-3-4-11(9-14)17-12-8-10(13(15)18)5-7-16-12/h5,7-8,11H,3-4,6,9H2,1-2H3,(H2,15,18)(H,16,17). The fraction of sp³-hybridized carbons (Fsp3) is 0.571. The second-order valence-corrected chi connectivity index (χ2v) is 6.34. The summed E-state index contributed by atoms with van der Waals surface area (Å²) in [6.45, 7) is 4.67. The van der Waals surface area contributed by atoms with E-state index in [1.807, 2.05) is 12.1 Å². The van der Waals surface area contributed by atoms with Crippen molar-refractivity contribution in [1.29, 1.82) is 0 Å². The Kier molecular flexibility index (Phi) is 3.85. The maximum atomic E-state index is 5.63. The number of nitrogens with zero attached hydrogens (tertiary/aromatic N) is 1. The third kappa shape index (κ3) is 3.42. The molecule has 3 nitrogen and oxygen atoms in total. The predicted octanol–water partition coefficient (Wildman–Crippen LogP) is 3.10. The Balaban J connectivity index is 2.05. The number of nitrogens with two attached hydrogens (primary N) is 1. The number of nitrogens with one attached hydrogen (secondary N) is 1. The lowest BCUT2D eigenvalue weighted by Gasteiger charge is -2.35. The summed E-state index contributed by atoms with van der Waals surface area (Å²) in [5, 5.41) is 3.51. The Labute approximate surface area is 114 Å². The SMILES string of the molecule is CC1(C)CCCC(Nc2cc(C(N)=S)ccn2)C1. The van der Waals surface area contributed by atoms with E-state index in [1.165, 1.54) is 25.7 Å². The monoisotopic (exact) mass is 263 g/mol. The van der Waals surface area contributed by atoms with Gasteiger partial charge < -0.3 is 11.1 Å². The Bertz CT molecular complexity index is 442. The van der Waals surface area contributed by atoms with Gasteiger partial charge in [-0.25, -0.2) is 4.98 Å². The molecule has 1 atom stereocenters. The van der Waals surface area contributed by atoms with Crippen molar-refractivity contribution in [2.45, 2.75) is 45.6 Å². The lowest BCUT2D eigenvalue weighted by atomic mass is 9.75. The molecule has 3 N–H and O–H groups in total. The van der Waals surface area contributed by atoms with E-state index < -0.39 is 0 Å². The summed E-state index contributed by atoms with van der Waals surface area (Å²) in [5.41, 5.74) is 6.93. The van der Waals surface area contributed by atoms with Gasteiger partial charge in [-0.3, -0.25) is 0 Å². The first-order valence-corrected chi connectivity index (χ1v) is 6.89.